The number of carbonyl (C=O) groups excluding carboxylic acids is 1. The SMILES string of the molecule is O=C(CSCc1cc(Cl)c2c(c1)OCCO2)NC1CC1. The smallest absolute Gasteiger partial charge is 0.230 e. The van der Waals surface area contributed by atoms with Crippen LogP contribution in [0.1, 0.15) is 18.4 Å². The van der Waals surface area contributed by atoms with E-state index in [4.69, 9.17) is 21.1 Å². The topological polar surface area (TPSA) is 47.6 Å². The van der Waals surface area contributed by atoms with Gasteiger partial charge in [-0.1, -0.05) is 11.6 Å². The first kappa shape index (κ1) is 13.9. The van der Waals surface area contributed by atoms with Gasteiger partial charge in [-0.3, -0.25) is 4.79 Å². The molecular weight excluding hydrogens is 298 g/mol. The molecule has 108 valence electrons. The summed E-state index contributed by atoms with van der Waals surface area (Å²) in [6, 6.07) is 4.24. The molecule has 0 aromatic heterocycles. The van der Waals surface area contributed by atoms with Gasteiger partial charge in [0, 0.05) is 11.8 Å². The van der Waals surface area contributed by atoms with Crippen LogP contribution >= 0.6 is 23.4 Å². The monoisotopic (exact) mass is 313 g/mol. The van der Waals surface area contributed by atoms with E-state index in [0.29, 0.717) is 41.5 Å². The van der Waals surface area contributed by atoms with Crippen LogP contribution in [0.3, 0.4) is 0 Å². The molecule has 4 nitrogen and oxygen atoms in total. The highest BCUT2D eigenvalue weighted by Crippen LogP contribution is 2.39. The summed E-state index contributed by atoms with van der Waals surface area (Å²) in [5.74, 6) is 2.64. The minimum absolute atomic E-state index is 0.112. The summed E-state index contributed by atoms with van der Waals surface area (Å²) in [7, 11) is 0. The van der Waals surface area contributed by atoms with Crippen molar-refractivity contribution in [3.63, 3.8) is 0 Å². The van der Waals surface area contributed by atoms with Gasteiger partial charge < -0.3 is 14.8 Å². The van der Waals surface area contributed by atoms with Gasteiger partial charge in [-0.2, -0.15) is 0 Å². The van der Waals surface area contributed by atoms with Crippen molar-refractivity contribution in [3.8, 4) is 11.5 Å². The van der Waals surface area contributed by atoms with Crippen LogP contribution in [0.5, 0.6) is 11.5 Å². The second-order valence-corrected chi connectivity index (χ2v) is 6.33. The molecule has 1 aromatic rings. The maximum atomic E-state index is 11.6. The summed E-state index contributed by atoms with van der Waals surface area (Å²) in [6.45, 7) is 1.08. The Bertz CT molecular complexity index is 519. The molecule has 1 N–H and O–H groups in total. The first-order valence-electron chi connectivity index (χ1n) is 6.67. The number of hydrogen-bond acceptors (Lipinski definition) is 4. The standard InChI is InChI=1S/C14H16ClNO3S/c15-11-5-9(6-12-14(11)19-4-3-18-12)7-20-8-13(17)16-10-1-2-10/h5-6,10H,1-4,7-8H2,(H,16,17). The highest BCUT2D eigenvalue weighted by molar-refractivity contribution is 7.99. The van der Waals surface area contributed by atoms with Gasteiger partial charge in [0.25, 0.3) is 0 Å². The van der Waals surface area contributed by atoms with Crippen LogP contribution in [-0.2, 0) is 10.5 Å². The Balaban J connectivity index is 1.54. The molecule has 0 radical (unpaired) electrons. The van der Waals surface area contributed by atoms with Gasteiger partial charge in [-0.15, -0.1) is 11.8 Å². The normalized spacial score (nSPS) is 16.9. The number of hydrogen-bond donors (Lipinski definition) is 1. The van der Waals surface area contributed by atoms with Crippen LogP contribution in [0.25, 0.3) is 0 Å². The molecule has 1 amide bonds. The van der Waals surface area contributed by atoms with Gasteiger partial charge in [0.05, 0.1) is 10.8 Å². The Morgan fingerprint density at radius 1 is 1.35 bits per heavy atom. The number of halogens is 1. The highest BCUT2D eigenvalue weighted by atomic mass is 35.5. The van der Waals surface area contributed by atoms with E-state index < -0.39 is 0 Å². The second-order valence-electron chi connectivity index (χ2n) is 4.94. The Morgan fingerprint density at radius 2 is 2.15 bits per heavy atom. The second kappa shape index (κ2) is 6.14. The fraction of sp³-hybridized carbons (Fsp3) is 0.500. The van der Waals surface area contributed by atoms with E-state index in [9.17, 15) is 4.79 Å². The lowest BCUT2D eigenvalue weighted by Crippen LogP contribution is -2.27. The molecule has 1 saturated carbocycles. The van der Waals surface area contributed by atoms with Gasteiger partial charge in [0.2, 0.25) is 5.91 Å². The van der Waals surface area contributed by atoms with Gasteiger partial charge in [-0.25, -0.2) is 0 Å². The first-order chi connectivity index (χ1) is 9.72. The third-order valence-electron chi connectivity index (χ3n) is 3.10. The van der Waals surface area contributed by atoms with Crippen LogP contribution in [0.15, 0.2) is 12.1 Å². The summed E-state index contributed by atoms with van der Waals surface area (Å²) in [4.78, 5) is 11.6. The number of rotatable bonds is 5. The maximum absolute atomic E-state index is 11.6. The minimum Gasteiger partial charge on any atom is -0.486 e. The summed E-state index contributed by atoms with van der Waals surface area (Å²) in [5, 5.41) is 3.54. The van der Waals surface area contributed by atoms with Crippen LogP contribution in [-0.4, -0.2) is 30.9 Å². The summed E-state index contributed by atoms with van der Waals surface area (Å²) < 4.78 is 11.0. The van der Waals surface area contributed by atoms with Crippen molar-refractivity contribution in [1.29, 1.82) is 0 Å². The van der Waals surface area contributed by atoms with Crippen molar-refractivity contribution >= 4 is 29.3 Å². The lowest BCUT2D eigenvalue weighted by atomic mass is 10.2. The van der Waals surface area contributed by atoms with Crippen LogP contribution in [0, 0.1) is 0 Å². The number of fused-ring (bicyclic) bond motifs is 1. The average molecular weight is 314 g/mol. The van der Waals surface area contributed by atoms with Crippen LogP contribution in [0.4, 0.5) is 0 Å². The lowest BCUT2D eigenvalue weighted by Gasteiger charge is -2.20. The molecule has 6 heteroatoms. The zero-order valence-corrected chi connectivity index (χ0v) is 12.6. The summed E-state index contributed by atoms with van der Waals surface area (Å²) in [5.41, 5.74) is 1.04. The van der Waals surface area contributed by atoms with Crippen LogP contribution in [0.2, 0.25) is 5.02 Å². The molecule has 1 aliphatic carbocycles. The number of ether oxygens (including phenoxy) is 2. The Kier molecular flexibility index (Phi) is 4.27. The van der Waals surface area contributed by atoms with Gasteiger partial charge >= 0.3 is 0 Å². The van der Waals surface area contributed by atoms with Crippen molar-refractivity contribution in [3.05, 3.63) is 22.7 Å². The third-order valence-corrected chi connectivity index (χ3v) is 4.39. The zero-order chi connectivity index (χ0) is 13.9. The van der Waals surface area contributed by atoms with Crippen molar-refractivity contribution < 1.29 is 14.3 Å². The Labute approximate surface area is 127 Å². The molecule has 3 rings (SSSR count). The van der Waals surface area contributed by atoms with Crippen molar-refractivity contribution in [2.45, 2.75) is 24.6 Å². The fourth-order valence-corrected chi connectivity index (χ4v) is 3.07. The predicted octanol–water partition coefficient (Wildman–Crippen LogP) is 2.62. The number of thioether (sulfide) groups is 1. The van der Waals surface area contributed by atoms with Crippen molar-refractivity contribution in [2.24, 2.45) is 0 Å². The number of carbonyl (C=O) groups is 1. The van der Waals surface area contributed by atoms with E-state index in [1.54, 1.807) is 11.8 Å². The van der Waals surface area contributed by atoms with E-state index in [-0.39, 0.29) is 5.91 Å². The lowest BCUT2D eigenvalue weighted by molar-refractivity contribution is -0.118. The molecule has 20 heavy (non-hydrogen) atoms. The van der Waals surface area contributed by atoms with Crippen LogP contribution < -0.4 is 14.8 Å². The molecule has 1 heterocycles. The summed E-state index contributed by atoms with van der Waals surface area (Å²) >= 11 is 7.75. The molecule has 1 aromatic carbocycles. The van der Waals surface area contributed by atoms with E-state index in [1.807, 2.05) is 12.1 Å². The first-order valence-corrected chi connectivity index (χ1v) is 8.21. The number of benzene rings is 1. The molecule has 2 aliphatic rings. The van der Waals surface area contributed by atoms with Crippen molar-refractivity contribution in [1.82, 2.24) is 5.32 Å². The van der Waals surface area contributed by atoms with Gasteiger partial charge in [-0.05, 0) is 30.5 Å². The van der Waals surface area contributed by atoms with E-state index >= 15 is 0 Å². The molecule has 0 bridgehead atoms. The predicted molar refractivity (Wildman–Crippen MR) is 79.8 cm³/mol. The fourth-order valence-electron chi connectivity index (χ4n) is 2.01. The highest BCUT2D eigenvalue weighted by Gasteiger charge is 2.23. The van der Waals surface area contributed by atoms with Gasteiger partial charge in [0.15, 0.2) is 11.5 Å². The Morgan fingerprint density at radius 3 is 2.95 bits per heavy atom. The van der Waals surface area contributed by atoms with E-state index in [0.717, 1.165) is 24.2 Å². The molecule has 1 aliphatic heterocycles. The largest absolute Gasteiger partial charge is 0.486 e. The molecule has 0 unspecified atom stereocenters. The third kappa shape index (κ3) is 3.52. The molecule has 1 fully saturated rings. The Hall–Kier alpha value is -1.07. The molecular formula is C14H16ClNO3S. The molecule has 0 saturated heterocycles. The van der Waals surface area contributed by atoms with E-state index in [2.05, 4.69) is 5.32 Å². The molecule has 0 atom stereocenters. The number of amides is 1. The quantitative estimate of drug-likeness (QED) is 0.908. The zero-order valence-electron chi connectivity index (χ0n) is 11.0. The molecule has 0 spiro atoms. The number of nitrogens with one attached hydrogen (secondary N) is 1. The maximum Gasteiger partial charge on any atom is 0.230 e. The van der Waals surface area contributed by atoms with E-state index in [1.165, 1.54) is 0 Å². The minimum atomic E-state index is 0.112. The summed E-state index contributed by atoms with van der Waals surface area (Å²) in [6.07, 6.45) is 2.24. The average Bonchev–Trinajstić information content (AvgIpc) is 3.23. The van der Waals surface area contributed by atoms with Gasteiger partial charge in [0.1, 0.15) is 13.2 Å². The van der Waals surface area contributed by atoms with Crippen molar-refractivity contribution in [2.75, 3.05) is 19.0 Å².